The maximum atomic E-state index is 11.8. The second-order valence-corrected chi connectivity index (χ2v) is 3.54. The Morgan fingerprint density at radius 1 is 1.86 bits per heavy atom. The topological polar surface area (TPSA) is 12.9 Å². The average molecular weight is 229 g/mol. The van der Waals surface area contributed by atoms with E-state index in [1.807, 2.05) is 22.6 Å². The van der Waals surface area contributed by atoms with Crippen LogP contribution in [0.4, 0.5) is 4.39 Å². The predicted octanol–water partition coefficient (Wildman–Crippen LogP) is 1.89. The normalized spacial score (nSPS) is 9.43. The van der Waals surface area contributed by atoms with Gasteiger partial charge in [0.1, 0.15) is 0 Å². The van der Waals surface area contributed by atoms with Crippen molar-refractivity contribution in [3.8, 4) is 0 Å². The predicted molar refractivity (Wildman–Crippen MR) is 34.8 cm³/mol. The maximum absolute atomic E-state index is 11.8. The Morgan fingerprint density at radius 3 is 2.71 bits per heavy atom. The zero-order valence-electron chi connectivity index (χ0n) is 3.19. The van der Waals surface area contributed by atoms with E-state index in [9.17, 15) is 4.39 Å². The van der Waals surface area contributed by atoms with E-state index in [1.165, 1.54) is 16.7 Å². The summed E-state index contributed by atoms with van der Waals surface area (Å²) < 4.78 is 12.6. The van der Waals surface area contributed by atoms with E-state index in [4.69, 9.17) is 0 Å². The fourth-order valence-corrected chi connectivity index (χ4v) is 1.23. The summed E-state index contributed by atoms with van der Waals surface area (Å²) in [5, 5.41) is 1.38. The molecule has 1 aromatic rings. The fourth-order valence-electron chi connectivity index (χ4n) is 0.234. The van der Waals surface area contributed by atoms with Gasteiger partial charge in [0, 0.05) is 5.38 Å². The maximum Gasteiger partial charge on any atom is 0.224 e. The Hall–Kier alpha value is 0.290. The second kappa shape index (κ2) is 2.04. The van der Waals surface area contributed by atoms with Crippen molar-refractivity contribution in [1.82, 2.24) is 4.98 Å². The Labute approximate surface area is 57.7 Å². The third kappa shape index (κ3) is 1.34. The summed E-state index contributed by atoms with van der Waals surface area (Å²) in [5.41, 5.74) is 0. The van der Waals surface area contributed by atoms with E-state index in [1.54, 1.807) is 0 Å². The van der Waals surface area contributed by atoms with Crippen LogP contribution in [0.5, 0.6) is 0 Å². The third-order valence-electron chi connectivity index (χ3n) is 0.448. The van der Waals surface area contributed by atoms with Crippen molar-refractivity contribution in [1.29, 1.82) is 0 Å². The summed E-state index contributed by atoms with van der Waals surface area (Å²) in [6.45, 7) is 0. The molecule has 0 radical (unpaired) electrons. The second-order valence-electron chi connectivity index (χ2n) is 0.923. The molecule has 0 saturated heterocycles. The first-order chi connectivity index (χ1) is 3.29. The Kier molecular flexibility index (Phi) is 1.58. The summed E-state index contributed by atoms with van der Waals surface area (Å²) in [6.07, 6.45) is 0. The van der Waals surface area contributed by atoms with Crippen molar-refractivity contribution in [3.63, 3.8) is 0 Å². The fraction of sp³-hybridized carbons (Fsp3) is 0. The molecule has 0 aliphatic rings. The summed E-state index contributed by atoms with van der Waals surface area (Å²) >= 11 is 3.27. The Morgan fingerprint density at radius 2 is 2.57 bits per heavy atom. The van der Waals surface area contributed by atoms with Crippen LogP contribution >= 0.6 is 33.9 Å². The van der Waals surface area contributed by atoms with Crippen LogP contribution in [0.1, 0.15) is 0 Å². The number of rotatable bonds is 0. The van der Waals surface area contributed by atoms with Crippen LogP contribution in [0.25, 0.3) is 0 Å². The van der Waals surface area contributed by atoms with Gasteiger partial charge in [-0.25, -0.2) is 4.98 Å². The van der Waals surface area contributed by atoms with Crippen molar-refractivity contribution >= 4 is 33.9 Å². The molecule has 0 aliphatic heterocycles. The highest BCUT2D eigenvalue weighted by Crippen LogP contribution is 2.09. The van der Waals surface area contributed by atoms with Crippen molar-refractivity contribution in [2.75, 3.05) is 0 Å². The molecule has 0 aliphatic carbocycles. The highest BCUT2D eigenvalue weighted by Gasteiger charge is 1.92. The molecule has 0 spiro atoms. The molecule has 4 heteroatoms. The van der Waals surface area contributed by atoms with Crippen LogP contribution in [0.2, 0.25) is 0 Å². The van der Waals surface area contributed by atoms with Crippen LogP contribution in [0, 0.1) is 8.96 Å². The number of thiazole rings is 1. The van der Waals surface area contributed by atoms with E-state index in [2.05, 4.69) is 4.98 Å². The molecular weight excluding hydrogens is 228 g/mol. The summed E-state index contributed by atoms with van der Waals surface area (Å²) in [5.74, 6) is -0.380. The number of halogens is 2. The number of hydrogen-bond acceptors (Lipinski definition) is 2. The van der Waals surface area contributed by atoms with Crippen LogP contribution in [0.3, 0.4) is 0 Å². The summed E-state index contributed by atoms with van der Waals surface area (Å²) in [6, 6.07) is 0. The molecule has 0 amide bonds. The van der Waals surface area contributed by atoms with E-state index in [0.717, 1.165) is 3.01 Å². The minimum absolute atomic E-state index is 0.380. The van der Waals surface area contributed by atoms with Gasteiger partial charge >= 0.3 is 0 Å². The van der Waals surface area contributed by atoms with Crippen molar-refractivity contribution in [2.24, 2.45) is 0 Å². The average Bonchev–Trinajstić information content (AvgIpc) is 1.87. The molecule has 0 unspecified atom stereocenters. The minimum Gasteiger partial charge on any atom is -0.202 e. The van der Waals surface area contributed by atoms with Gasteiger partial charge in [0.2, 0.25) is 5.95 Å². The largest absolute Gasteiger partial charge is 0.224 e. The van der Waals surface area contributed by atoms with Crippen LogP contribution in [-0.2, 0) is 0 Å². The quantitative estimate of drug-likeness (QED) is 0.619. The standard InChI is InChI=1S/C3HFINS/c4-2-1-7-3(5)6-2/h1H. The lowest BCUT2D eigenvalue weighted by Gasteiger charge is -1.65. The van der Waals surface area contributed by atoms with Gasteiger partial charge in [-0.1, -0.05) is 0 Å². The van der Waals surface area contributed by atoms with Crippen molar-refractivity contribution in [2.45, 2.75) is 0 Å². The number of hydrogen-bond donors (Lipinski definition) is 0. The molecule has 1 heterocycles. The molecular formula is C3HFINS. The lowest BCUT2D eigenvalue weighted by Crippen LogP contribution is -1.67. The zero-order valence-corrected chi connectivity index (χ0v) is 6.16. The molecule has 0 atom stereocenters. The monoisotopic (exact) mass is 229 g/mol. The van der Waals surface area contributed by atoms with E-state index in [-0.39, 0.29) is 5.95 Å². The van der Waals surface area contributed by atoms with Gasteiger partial charge < -0.3 is 0 Å². The Balaban J connectivity index is 3.04. The zero-order chi connectivity index (χ0) is 5.28. The molecule has 0 N–H and O–H groups in total. The Bertz CT molecular complexity index is 147. The third-order valence-corrected chi connectivity index (χ3v) is 2.05. The van der Waals surface area contributed by atoms with E-state index >= 15 is 0 Å². The smallest absolute Gasteiger partial charge is 0.202 e. The number of aromatic nitrogens is 1. The van der Waals surface area contributed by atoms with Gasteiger partial charge in [-0.2, -0.15) is 4.39 Å². The van der Waals surface area contributed by atoms with Gasteiger partial charge in [0.05, 0.1) is 0 Å². The first kappa shape index (κ1) is 5.43. The first-order valence-electron chi connectivity index (χ1n) is 1.55. The van der Waals surface area contributed by atoms with Gasteiger partial charge in [-0.3, -0.25) is 0 Å². The molecule has 0 aromatic carbocycles. The van der Waals surface area contributed by atoms with Crippen LogP contribution in [0.15, 0.2) is 5.38 Å². The lowest BCUT2D eigenvalue weighted by molar-refractivity contribution is 0.590. The van der Waals surface area contributed by atoms with Gasteiger partial charge in [-0.05, 0) is 22.6 Å². The molecule has 7 heavy (non-hydrogen) atoms. The molecule has 0 saturated carbocycles. The molecule has 1 aromatic heterocycles. The highest BCUT2D eigenvalue weighted by molar-refractivity contribution is 14.1. The summed E-state index contributed by atoms with van der Waals surface area (Å²) in [4.78, 5) is 3.45. The molecule has 1 nitrogen and oxygen atoms in total. The highest BCUT2D eigenvalue weighted by atomic mass is 127. The van der Waals surface area contributed by atoms with Gasteiger partial charge in [0.15, 0.2) is 3.01 Å². The van der Waals surface area contributed by atoms with Crippen molar-refractivity contribution < 1.29 is 4.39 Å². The first-order valence-corrected chi connectivity index (χ1v) is 3.51. The van der Waals surface area contributed by atoms with Crippen LogP contribution < -0.4 is 0 Å². The lowest BCUT2D eigenvalue weighted by atomic mass is 11.0. The van der Waals surface area contributed by atoms with E-state index < -0.39 is 0 Å². The minimum atomic E-state index is -0.380. The van der Waals surface area contributed by atoms with Crippen LogP contribution in [-0.4, -0.2) is 4.98 Å². The molecule has 0 fully saturated rings. The molecule has 38 valence electrons. The number of nitrogens with zero attached hydrogens (tertiary/aromatic N) is 1. The van der Waals surface area contributed by atoms with Gasteiger partial charge in [-0.15, -0.1) is 11.3 Å². The van der Waals surface area contributed by atoms with Gasteiger partial charge in [0.25, 0.3) is 0 Å². The molecule has 1 rings (SSSR count). The SMILES string of the molecule is Fc1csc(I)n1. The van der Waals surface area contributed by atoms with E-state index in [0.29, 0.717) is 0 Å². The summed E-state index contributed by atoms with van der Waals surface area (Å²) in [7, 11) is 0. The molecule has 0 bridgehead atoms. The van der Waals surface area contributed by atoms with Crippen molar-refractivity contribution in [3.05, 3.63) is 14.3 Å².